The van der Waals surface area contributed by atoms with Crippen molar-refractivity contribution in [1.29, 1.82) is 0 Å². The zero-order chi connectivity index (χ0) is 16.5. The van der Waals surface area contributed by atoms with Gasteiger partial charge in [-0.1, -0.05) is 0 Å². The van der Waals surface area contributed by atoms with Crippen LogP contribution in [0.1, 0.15) is 25.0 Å². The average Bonchev–Trinajstić information content (AvgIpc) is 3.23. The van der Waals surface area contributed by atoms with Crippen molar-refractivity contribution in [1.82, 2.24) is 15.5 Å². The van der Waals surface area contributed by atoms with E-state index in [1.807, 2.05) is 19.2 Å². The van der Waals surface area contributed by atoms with Crippen molar-refractivity contribution in [3.63, 3.8) is 0 Å². The molecular weight excluding hydrogens is 419 g/mol. The number of hydrogen-bond donors (Lipinski definition) is 2. The summed E-state index contributed by atoms with van der Waals surface area (Å²) in [4.78, 5) is 6.58. The molecule has 0 spiro atoms. The van der Waals surface area contributed by atoms with Crippen molar-refractivity contribution in [2.75, 3.05) is 40.8 Å². The van der Waals surface area contributed by atoms with Crippen LogP contribution >= 0.6 is 24.0 Å². The summed E-state index contributed by atoms with van der Waals surface area (Å²) in [6, 6.07) is 4.38. The van der Waals surface area contributed by atoms with E-state index >= 15 is 0 Å². The van der Waals surface area contributed by atoms with Crippen molar-refractivity contribution in [2.45, 2.75) is 31.9 Å². The van der Waals surface area contributed by atoms with E-state index in [2.05, 4.69) is 34.6 Å². The van der Waals surface area contributed by atoms with Crippen LogP contribution in [0.25, 0.3) is 0 Å². The van der Waals surface area contributed by atoms with E-state index < -0.39 is 0 Å². The standard InChI is InChI=1S/C17H30N4O2.HI/c1-18-17(20-12-16(21(2)3)14-7-8-14)19-9-5-10-22-13-15-6-4-11-23-15;/h4,6,11,14,16H,5,7-10,12-13H2,1-3H3,(H2,18,19,20);1H. The molecule has 0 saturated heterocycles. The normalized spacial score (nSPS) is 15.9. The smallest absolute Gasteiger partial charge is 0.191 e. The Morgan fingerprint density at radius 3 is 2.79 bits per heavy atom. The number of likely N-dealkylation sites (N-methyl/N-ethyl adjacent to an activating group) is 1. The van der Waals surface area contributed by atoms with Gasteiger partial charge in [-0.2, -0.15) is 0 Å². The lowest BCUT2D eigenvalue weighted by molar-refractivity contribution is 0.105. The lowest BCUT2D eigenvalue weighted by Gasteiger charge is -2.25. The summed E-state index contributed by atoms with van der Waals surface area (Å²) in [5.74, 6) is 2.57. The molecule has 1 aliphatic rings. The predicted molar refractivity (Wildman–Crippen MR) is 108 cm³/mol. The fourth-order valence-corrected chi connectivity index (χ4v) is 2.62. The second-order valence-corrected chi connectivity index (χ2v) is 6.23. The fourth-order valence-electron chi connectivity index (χ4n) is 2.62. The van der Waals surface area contributed by atoms with Gasteiger partial charge in [0.05, 0.1) is 6.26 Å². The number of aliphatic imine (C=N–C) groups is 1. The Hall–Kier alpha value is -0.800. The molecule has 0 aliphatic heterocycles. The lowest BCUT2D eigenvalue weighted by Crippen LogP contribution is -2.46. The molecular formula is C17H31IN4O2. The molecule has 1 fully saturated rings. The quantitative estimate of drug-likeness (QED) is 0.248. The monoisotopic (exact) mass is 450 g/mol. The first-order chi connectivity index (χ1) is 11.2. The minimum atomic E-state index is 0. The van der Waals surface area contributed by atoms with E-state index in [4.69, 9.17) is 9.15 Å². The van der Waals surface area contributed by atoms with Crippen LogP contribution in [0.4, 0.5) is 0 Å². The van der Waals surface area contributed by atoms with Gasteiger partial charge in [0.1, 0.15) is 12.4 Å². The maximum atomic E-state index is 5.56. The van der Waals surface area contributed by atoms with Crippen molar-refractivity contribution in [3.8, 4) is 0 Å². The van der Waals surface area contributed by atoms with E-state index in [0.29, 0.717) is 19.3 Å². The van der Waals surface area contributed by atoms with Crippen LogP contribution in [-0.4, -0.2) is 57.7 Å². The molecule has 1 atom stereocenters. The molecule has 2 N–H and O–H groups in total. The number of halogens is 1. The fraction of sp³-hybridized carbons (Fsp3) is 0.706. The summed E-state index contributed by atoms with van der Waals surface area (Å²) >= 11 is 0. The number of hydrogen-bond acceptors (Lipinski definition) is 4. The molecule has 6 nitrogen and oxygen atoms in total. The second-order valence-electron chi connectivity index (χ2n) is 6.23. The number of nitrogens with one attached hydrogen (secondary N) is 2. The molecule has 2 rings (SSSR count). The van der Waals surface area contributed by atoms with Crippen LogP contribution in [0.15, 0.2) is 27.8 Å². The van der Waals surface area contributed by atoms with Crippen LogP contribution in [0, 0.1) is 5.92 Å². The molecule has 0 amide bonds. The molecule has 1 saturated carbocycles. The molecule has 7 heteroatoms. The number of rotatable bonds is 10. The van der Waals surface area contributed by atoms with E-state index in [1.54, 1.807) is 6.26 Å². The first-order valence-electron chi connectivity index (χ1n) is 8.41. The van der Waals surface area contributed by atoms with Crippen molar-refractivity contribution in [3.05, 3.63) is 24.2 Å². The van der Waals surface area contributed by atoms with Gasteiger partial charge < -0.3 is 24.7 Å². The molecule has 0 radical (unpaired) electrons. The molecule has 0 bridgehead atoms. The summed E-state index contributed by atoms with van der Waals surface area (Å²) in [5.41, 5.74) is 0. The minimum absolute atomic E-state index is 0. The van der Waals surface area contributed by atoms with Gasteiger partial charge in [-0.3, -0.25) is 4.99 Å². The van der Waals surface area contributed by atoms with E-state index in [0.717, 1.165) is 37.1 Å². The summed E-state index contributed by atoms with van der Waals surface area (Å²) in [7, 11) is 6.11. The first-order valence-corrected chi connectivity index (χ1v) is 8.41. The Kier molecular flexibility index (Phi) is 10.4. The second kappa shape index (κ2) is 11.7. The van der Waals surface area contributed by atoms with E-state index in [-0.39, 0.29) is 24.0 Å². The van der Waals surface area contributed by atoms with Gasteiger partial charge in [-0.25, -0.2) is 0 Å². The Balaban J connectivity index is 0.00000288. The largest absolute Gasteiger partial charge is 0.467 e. The molecule has 0 aromatic carbocycles. The van der Waals surface area contributed by atoms with Crippen molar-refractivity contribution in [2.24, 2.45) is 10.9 Å². The highest BCUT2D eigenvalue weighted by Crippen LogP contribution is 2.34. The van der Waals surface area contributed by atoms with Crippen LogP contribution in [-0.2, 0) is 11.3 Å². The SMILES string of the molecule is CN=C(NCCCOCc1ccco1)NCC(C1CC1)N(C)C.I. The summed E-state index contributed by atoms with van der Waals surface area (Å²) < 4.78 is 10.8. The van der Waals surface area contributed by atoms with Gasteiger partial charge >= 0.3 is 0 Å². The zero-order valence-corrected chi connectivity index (χ0v) is 17.3. The first kappa shape index (κ1) is 21.2. The van der Waals surface area contributed by atoms with Gasteiger partial charge in [0.25, 0.3) is 0 Å². The number of ether oxygens (including phenoxy) is 1. The molecule has 24 heavy (non-hydrogen) atoms. The zero-order valence-electron chi connectivity index (χ0n) is 15.0. The maximum absolute atomic E-state index is 5.56. The van der Waals surface area contributed by atoms with Crippen molar-refractivity contribution < 1.29 is 9.15 Å². The van der Waals surface area contributed by atoms with Gasteiger partial charge in [0.15, 0.2) is 5.96 Å². The molecule has 138 valence electrons. The third-order valence-electron chi connectivity index (χ3n) is 4.11. The Bertz CT molecular complexity index is 459. The summed E-state index contributed by atoms with van der Waals surface area (Å²) in [6.45, 7) is 3.01. The third-order valence-corrected chi connectivity index (χ3v) is 4.11. The van der Waals surface area contributed by atoms with Gasteiger partial charge in [-0.05, 0) is 51.4 Å². The lowest BCUT2D eigenvalue weighted by atomic mass is 10.1. The molecule has 1 heterocycles. The number of furan rings is 1. The van der Waals surface area contributed by atoms with Crippen LogP contribution in [0.2, 0.25) is 0 Å². The number of nitrogens with zero attached hydrogens (tertiary/aromatic N) is 2. The molecule has 1 aromatic heterocycles. The van der Waals surface area contributed by atoms with Crippen LogP contribution in [0.3, 0.4) is 0 Å². The van der Waals surface area contributed by atoms with Gasteiger partial charge in [0, 0.05) is 32.8 Å². The Morgan fingerprint density at radius 2 is 2.21 bits per heavy atom. The summed E-state index contributed by atoms with van der Waals surface area (Å²) in [5, 5.41) is 6.76. The highest BCUT2D eigenvalue weighted by atomic mass is 127. The van der Waals surface area contributed by atoms with Crippen LogP contribution < -0.4 is 10.6 Å². The highest BCUT2D eigenvalue weighted by molar-refractivity contribution is 14.0. The van der Waals surface area contributed by atoms with E-state index in [9.17, 15) is 0 Å². The third kappa shape index (κ3) is 7.85. The summed E-state index contributed by atoms with van der Waals surface area (Å²) in [6.07, 6.45) is 5.30. The number of guanidine groups is 1. The maximum Gasteiger partial charge on any atom is 0.191 e. The topological polar surface area (TPSA) is 62.0 Å². The van der Waals surface area contributed by atoms with Gasteiger partial charge in [-0.15, -0.1) is 24.0 Å². The Labute approximate surface area is 162 Å². The minimum Gasteiger partial charge on any atom is -0.467 e. The van der Waals surface area contributed by atoms with Crippen LogP contribution in [0.5, 0.6) is 0 Å². The molecule has 1 aliphatic carbocycles. The van der Waals surface area contributed by atoms with Gasteiger partial charge in [0.2, 0.25) is 0 Å². The van der Waals surface area contributed by atoms with E-state index in [1.165, 1.54) is 12.8 Å². The van der Waals surface area contributed by atoms with Crippen molar-refractivity contribution >= 4 is 29.9 Å². The predicted octanol–water partition coefficient (Wildman–Crippen LogP) is 2.31. The highest BCUT2D eigenvalue weighted by Gasteiger charge is 2.32. The molecule has 1 unspecified atom stereocenters. The molecule has 1 aromatic rings. The average molecular weight is 450 g/mol. The Morgan fingerprint density at radius 1 is 1.42 bits per heavy atom.